The van der Waals surface area contributed by atoms with Gasteiger partial charge in [-0.2, -0.15) is 0 Å². The zero-order chi connectivity index (χ0) is 18.9. The van der Waals surface area contributed by atoms with Crippen LogP contribution in [0.1, 0.15) is 11.1 Å². The molecule has 0 spiro atoms. The third kappa shape index (κ3) is 5.19. The summed E-state index contributed by atoms with van der Waals surface area (Å²) in [6.45, 7) is 0.238. The largest absolute Gasteiger partial charge is 0.457 e. The van der Waals surface area contributed by atoms with Crippen LogP contribution in [0.4, 0.5) is 0 Å². The van der Waals surface area contributed by atoms with Crippen molar-refractivity contribution in [1.82, 2.24) is 5.32 Å². The molecule has 5 heteroatoms. The zero-order valence-electron chi connectivity index (χ0n) is 14.6. The van der Waals surface area contributed by atoms with Gasteiger partial charge in [0.25, 0.3) is 0 Å². The molecule has 1 aliphatic rings. The topological polar surface area (TPSA) is 64.6 Å². The van der Waals surface area contributed by atoms with Crippen molar-refractivity contribution in [3.8, 4) is 0 Å². The molecule has 0 atom stereocenters. The zero-order valence-corrected chi connectivity index (χ0v) is 14.6. The highest BCUT2D eigenvalue weighted by Crippen LogP contribution is 2.14. The number of rotatable bonds is 6. The average Bonchev–Trinajstić information content (AvgIpc) is 2.98. The van der Waals surface area contributed by atoms with E-state index in [1.54, 1.807) is 18.4 Å². The number of allylic oxidation sites excluding steroid dienone is 2. The maximum Gasteiger partial charge on any atom is 0.355 e. The van der Waals surface area contributed by atoms with Gasteiger partial charge in [0.05, 0.1) is 5.57 Å². The minimum atomic E-state index is -0.623. The molecule has 0 saturated carbocycles. The lowest BCUT2D eigenvalue weighted by Crippen LogP contribution is -2.23. The van der Waals surface area contributed by atoms with Crippen LogP contribution < -0.4 is 5.32 Å². The fourth-order valence-corrected chi connectivity index (χ4v) is 2.44. The monoisotopic (exact) mass is 361 g/mol. The molecular weight excluding hydrogens is 342 g/mol. The lowest BCUT2D eigenvalue weighted by Gasteiger charge is -2.12. The van der Waals surface area contributed by atoms with Gasteiger partial charge in [0.2, 0.25) is 0 Å². The molecule has 2 aromatic carbocycles. The second kappa shape index (κ2) is 9.20. The summed E-state index contributed by atoms with van der Waals surface area (Å²) < 4.78 is 10.7. The Balaban J connectivity index is 1.70. The van der Waals surface area contributed by atoms with E-state index < -0.39 is 11.9 Å². The van der Waals surface area contributed by atoms with E-state index in [1.165, 1.54) is 6.08 Å². The molecule has 0 aromatic heterocycles. The minimum Gasteiger partial charge on any atom is -0.457 e. The van der Waals surface area contributed by atoms with Crippen LogP contribution in [0.5, 0.6) is 0 Å². The summed E-state index contributed by atoms with van der Waals surface area (Å²) in [6.07, 6.45) is 6.43. The van der Waals surface area contributed by atoms with Crippen molar-refractivity contribution in [2.45, 2.75) is 13.2 Å². The first-order valence-corrected chi connectivity index (χ1v) is 8.50. The van der Waals surface area contributed by atoms with Gasteiger partial charge >= 0.3 is 11.9 Å². The molecule has 0 aliphatic carbocycles. The number of benzene rings is 2. The van der Waals surface area contributed by atoms with E-state index in [0.717, 1.165) is 11.1 Å². The standard InChI is InChI=1S/C22H19NO4/c24-21(26-15-17-9-3-1-4-10-17)19-13-7-8-14-23-20(19)22(25)27-16-18-11-5-2-6-12-18/h1-14,23H,15-16H2. The lowest BCUT2D eigenvalue weighted by atomic mass is 10.2. The summed E-state index contributed by atoms with van der Waals surface area (Å²) >= 11 is 0. The van der Waals surface area contributed by atoms with Crippen molar-refractivity contribution >= 4 is 11.9 Å². The Hall–Kier alpha value is -3.60. The van der Waals surface area contributed by atoms with E-state index in [1.807, 2.05) is 60.7 Å². The fraction of sp³-hybridized carbons (Fsp3) is 0.0909. The van der Waals surface area contributed by atoms with Crippen LogP contribution in [-0.4, -0.2) is 11.9 Å². The van der Waals surface area contributed by atoms with Gasteiger partial charge in [-0.05, 0) is 23.3 Å². The van der Waals surface area contributed by atoms with Crippen molar-refractivity contribution in [1.29, 1.82) is 0 Å². The summed E-state index contributed by atoms with van der Waals surface area (Å²) in [6, 6.07) is 18.7. The number of nitrogens with one attached hydrogen (secondary N) is 1. The molecule has 0 radical (unpaired) electrons. The van der Waals surface area contributed by atoms with Gasteiger partial charge in [-0.3, -0.25) is 0 Å². The predicted octanol–water partition coefficient (Wildman–Crippen LogP) is 3.40. The number of carbonyl (C=O) groups is 2. The van der Waals surface area contributed by atoms with Gasteiger partial charge in [0, 0.05) is 6.20 Å². The van der Waals surface area contributed by atoms with E-state index in [2.05, 4.69) is 5.32 Å². The van der Waals surface area contributed by atoms with Gasteiger partial charge < -0.3 is 14.8 Å². The van der Waals surface area contributed by atoms with Gasteiger partial charge in [0.1, 0.15) is 18.9 Å². The van der Waals surface area contributed by atoms with Crippen molar-refractivity contribution in [2.24, 2.45) is 0 Å². The first-order chi connectivity index (χ1) is 13.2. The Kier molecular flexibility index (Phi) is 6.20. The molecule has 1 heterocycles. The molecule has 0 bridgehead atoms. The predicted molar refractivity (Wildman–Crippen MR) is 101 cm³/mol. The molecule has 0 saturated heterocycles. The number of hydrogen-bond donors (Lipinski definition) is 1. The Morgan fingerprint density at radius 2 is 1.30 bits per heavy atom. The van der Waals surface area contributed by atoms with Crippen LogP contribution in [0, 0.1) is 0 Å². The normalized spacial score (nSPS) is 12.9. The summed E-state index contributed by atoms with van der Waals surface area (Å²) in [5, 5.41) is 2.81. The van der Waals surface area contributed by atoms with Gasteiger partial charge in [-0.15, -0.1) is 0 Å². The molecule has 3 rings (SSSR count). The second-order valence-electron chi connectivity index (χ2n) is 5.77. The van der Waals surface area contributed by atoms with Crippen LogP contribution >= 0.6 is 0 Å². The Bertz CT molecular complexity index is 883. The Morgan fingerprint density at radius 3 is 1.89 bits per heavy atom. The third-order valence-electron chi connectivity index (χ3n) is 3.82. The number of carbonyl (C=O) groups excluding carboxylic acids is 2. The molecule has 0 amide bonds. The van der Waals surface area contributed by atoms with E-state index >= 15 is 0 Å². The van der Waals surface area contributed by atoms with Crippen LogP contribution in [0.15, 0.2) is 96.4 Å². The van der Waals surface area contributed by atoms with E-state index in [-0.39, 0.29) is 24.5 Å². The van der Waals surface area contributed by atoms with Gasteiger partial charge in [-0.1, -0.05) is 66.7 Å². The van der Waals surface area contributed by atoms with Crippen molar-refractivity contribution in [3.05, 3.63) is 107 Å². The highest BCUT2D eigenvalue weighted by atomic mass is 16.5. The Morgan fingerprint density at radius 1 is 0.741 bits per heavy atom. The smallest absolute Gasteiger partial charge is 0.355 e. The number of esters is 2. The summed E-state index contributed by atoms with van der Waals surface area (Å²) in [5.41, 5.74) is 1.89. The van der Waals surface area contributed by atoms with E-state index in [9.17, 15) is 9.59 Å². The van der Waals surface area contributed by atoms with Crippen LogP contribution in [-0.2, 0) is 32.3 Å². The lowest BCUT2D eigenvalue weighted by molar-refractivity contribution is -0.143. The maximum atomic E-state index is 12.5. The Labute approximate surface area is 157 Å². The average molecular weight is 361 g/mol. The third-order valence-corrected chi connectivity index (χ3v) is 3.82. The molecular formula is C22H19NO4. The maximum absolute atomic E-state index is 12.5. The SMILES string of the molecule is O=C(OCc1ccccc1)C1=C(C(=O)OCc2ccccc2)NC=CC=C1. The summed E-state index contributed by atoms with van der Waals surface area (Å²) in [4.78, 5) is 25.0. The van der Waals surface area contributed by atoms with Crippen molar-refractivity contribution < 1.29 is 19.1 Å². The van der Waals surface area contributed by atoms with Crippen molar-refractivity contribution in [3.63, 3.8) is 0 Å². The van der Waals surface area contributed by atoms with E-state index in [0.29, 0.717) is 0 Å². The van der Waals surface area contributed by atoms with Gasteiger partial charge in [-0.25, -0.2) is 9.59 Å². The van der Waals surface area contributed by atoms with Crippen LogP contribution in [0.25, 0.3) is 0 Å². The van der Waals surface area contributed by atoms with Crippen LogP contribution in [0.2, 0.25) is 0 Å². The van der Waals surface area contributed by atoms with Gasteiger partial charge in [0.15, 0.2) is 0 Å². The minimum absolute atomic E-state index is 0.0500. The number of hydrogen-bond acceptors (Lipinski definition) is 5. The molecule has 0 unspecified atom stereocenters. The summed E-state index contributed by atoms with van der Waals surface area (Å²) in [7, 11) is 0. The first-order valence-electron chi connectivity index (χ1n) is 8.50. The fourth-order valence-electron chi connectivity index (χ4n) is 2.44. The van der Waals surface area contributed by atoms with E-state index in [4.69, 9.17) is 9.47 Å². The summed E-state index contributed by atoms with van der Waals surface area (Å²) in [5.74, 6) is -1.22. The molecule has 5 nitrogen and oxygen atoms in total. The quantitative estimate of drug-likeness (QED) is 0.799. The first kappa shape index (κ1) is 18.2. The number of ether oxygens (including phenoxy) is 2. The second-order valence-corrected chi connectivity index (χ2v) is 5.77. The molecule has 136 valence electrons. The molecule has 1 N–H and O–H groups in total. The highest BCUT2D eigenvalue weighted by Gasteiger charge is 2.22. The van der Waals surface area contributed by atoms with Crippen molar-refractivity contribution in [2.75, 3.05) is 0 Å². The molecule has 27 heavy (non-hydrogen) atoms. The molecule has 0 fully saturated rings. The van der Waals surface area contributed by atoms with Crippen LogP contribution in [0.3, 0.4) is 0 Å². The highest BCUT2D eigenvalue weighted by molar-refractivity contribution is 6.02. The molecule has 2 aromatic rings. The molecule has 1 aliphatic heterocycles.